The van der Waals surface area contributed by atoms with Gasteiger partial charge in [-0.15, -0.1) is 0 Å². The molecule has 1 amide bonds. The van der Waals surface area contributed by atoms with Gasteiger partial charge < -0.3 is 9.15 Å². The Morgan fingerprint density at radius 1 is 1.27 bits per heavy atom. The number of ether oxygens (including phenoxy) is 1. The molecule has 1 aromatic heterocycles. The van der Waals surface area contributed by atoms with Crippen molar-refractivity contribution in [3.8, 4) is 5.75 Å². The lowest BCUT2D eigenvalue weighted by Crippen LogP contribution is -2.35. The molecule has 8 nitrogen and oxygen atoms in total. The average molecular weight is 366 g/mol. The second-order valence-corrected chi connectivity index (χ2v) is 6.00. The zero-order valence-corrected chi connectivity index (χ0v) is 13.9. The minimum Gasteiger partial charge on any atom is -0.457 e. The summed E-state index contributed by atoms with van der Waals surface area (Å²) in [5.41, 5.74) is 2.31. The van der Waals surface area contributed by atoms with Gasteiger partial charge in [0.2, 0.25) is 5.76 Å². The van der Waals surface area contributed by atoms with E-state index in [2.05, 4.69) is 10.1 Å². The lowest BCUT2D eigenvalue weighted by atomic mass is 10.1. The van der Waals surface area contributed by atoms with E-state index in [0.29, 0.717) is 16.5 Å². The molecule has 0 saturated carbocycles. The SMILES string of the molecule is N=C1/C(=C\c2ccc(OC(=O)c3ccco3)cc2)C(=O)N=C2SC=NN12. The third-order valence-electron chi connectivity index (χ3n) is 3.52. The summed E-state index contributed by atoms with van der Waals surface area (Å²) in [6.45, 7) is 0. The molecule has 2 aliphatic rings. The van der Waals surface area contributed by atoms with E-state index in [1.54, 1.807) is 36.4 Å². The first kappa shape index (κ1) is 16.0. The third kappa shape index (κ3) is 2.95. The largest absolute Gasteiger partial charge is 0.457 e. The molecule has 4 rings (SSSR count). The number of hydrogen-bond acceptors (Lipinski definition) is 7. The normalized spacial score (nSPS) is 17.5. The van der Waals surface area contributed by atoms with Crippen molar-refractivity contribution in [2.45, 2.75) is 0 Å². The summed E-state index contributed by atoms with van der Waals surface area (Å²) in [6, 6.07) is 9.61. The van der Waals surface area contributed by atoms with Crippen LogP contribution in [-0.2, 0) is 4.79 Å². The number of fused-ring (bicyclic) bond motifs is 1. The van der Waals surface area contributed by atoms with Gasteiger partial charge in [-0.1, -0.05) is 12.1 Å². The predicted octanol–water partition coefficient (Wildman–Crippen LogP) is 2.75. The topological polar surface area (TPSA) is 108 Å². The molecular weight excluding hydrogens is 356 g/mol. The molecule has 26 heavy (non-hydrogen) atoms. The zero-order valence-electron chi connectivity index (χ0n) is 13.1. The molecule has 9 heteroatoms. The van der Waals surface area contributed by atoms with Crippen LogP contribution in [0.4, 0.5) is 0 Å². The molecule has 1 aromatic carbocycles. The van der Waals surface area contributed by atoms with Crippen molar-refractivity contribution in [3.05, 3.63) is 59.6 Å². The molecule has 0 atom stereocenters. The molecule has 0 spiro atoms. The van der Waals surface area contributed by atoms with Crippen LogP contribution in [0.25, 0.3) is 6.08 Å². The maximum absolute atomic E-state index is 12.1. The first-order chi connectivity index (χ1) is 12.6. The van der Waals surface area contributed by atoms with Gasteiger partial charge in [0.05, 0.1) is 17.4 Å². The van der Waals surface area contributed by atoms with Crippen molar-refractivity contribution < 1.29 is 18.7 Å². The van der Waals surface area contributed by atoms with Gasteiger partial charge in [-0.05, 0) is 47.7 Å². The number of nitrogens with zero attached hydrogens (tertiary/aromatic N) is 3. The van der Waals surface area contributed by atoms with Crippen LogP contribution in [0.2, 0.25) is 0 Å². The van der Waals surface area contributed by atoms with Crippen LogP contribution >= 0.6 is 11.8 Å². The standard InChI is InChI=1S/C17H10N4O4S/c18-14-12(15(22)20-17-21(14)19-9-26-17)8-10-3-5-11(6-4-10)25-16(23)13-2-1-7-24-13/h1-9,18H/b12-8+,18-14?. The number of amides is 1. The van der Waals surface area contributed by atoms with E-state index >= 15 is 0 Å². The Labute approximate surface area is 151 Å². The van der Waals surface area contributed by atoms with Gasteiger partial charge in [0.25, 0.3) is 5.91 Å². The predicted molar refractivity (Wildman–Crippen MR) is 96.2 cm³/mol. The molecule has 2 aliphatic heterocycles. The monoisotopic (exact) mass is 366 g/mol. The van der Waals surface area contributed by atoms with E-state index in [0.717, 1.165) is 0 Å². The summed E-state index contributed by atoms with van der Waals surface area (Å²) in [5.74, 6) is -0.687. The Kier molecular flexibility index (Phi) is 3.98. The van der Waals surface area contributed by atoms with Crippen LogP contribution < -0.4 is 4.74 Å². The smallest absolute Gasteiger partial charge is 0.379 e. The highest BCUT2D eigenvalue weighted by molar-refractivity contribution is 8.25. The summed E-state index contributed by atoms with van der Waals surface area (Å²) in [4.78, 5) is 27.9. The van der Waals surface area contributed by atoms with Crippen molar-refractivity contribution in [2.75, 3.05) is 0 Å². The Morgan fingerprint density at radius 2 is 2.08 bits per heavy atom. The van der Waals surface area contributed by atoms with Gasteiger partial charge in [0.15, 0.2) is 11.0 Å². The molecule has 128 valence electrons. The number of carbonyl (C=O) groups is 2. The van der Waals surface area contributed by atoms with Crippen molar-refractivity contribution in [1.29, 1.82) is 5.41 Å². The van der Waals surface area contributed by atoms with Crippen LogP contribution in [0.3, 0.4) is 0 Å². The highest BCUT2D eigenvalue weighted by atomic mass is 32.2. The van der Waals surface area contributed by atoms with E-state index in [9.17, 15) is 9.59 Å². The van der Waals surface area contributed by atoms with Crippen LogP contribution in [0, 0.1) is 5.41 Å². The highest BCUT2D eigenvalue weighted by Crippen LogP contribution is 2.25. The number of thioether (sulfide) groups is 1. The average Bonchev–Trinajstić information content (AvgIpc) is 3.31. The summed E-state index contributed by atoms with van der Waals surface area (Å²) in [5, 5.41) is 13.8. The Balaban J connectivity index is 1.53. The molecule has 0 unspecified atom stereocenters. The van der Waals surface area contributed by atoms with Crippen molar-refractivity contribution in [1.82, 2.24) is 5.01 Å². The van der Waals surface area contributed by atoms with Crippen LogP contribution in [0.15, 0.2) is 62.7 Å². The van der Waals surface area contributed by atoms with Crippen LogP contribution in [0.1, 0.15) is 16.1 Å². The molecule has 0 radical (unpaired) electrons. The molecular formula is C17H10N4O4S. The molecule has 2 aromatic rings. The van der Waals surface area contributed by atoms with E-state index in [-0.39, 0.29) is 17.2 Å². The number of hydrogen-bond donors (Lipinski definition) is 1. The van der Waals surface area contributed by atoms with E-state index in [4.69, 9.17) is 14.6 Å². The first-order valence-electron chi connectivity index (χ1n) is 7.40. The number of furan rings is 1. The first-order valence-corrected chi connectivity index (χ1v) is 8.28. The second-order valence-electron chi connectivity index (χ2n) is 5.19. The van der Waals surface area contributed by atoms with Gasteiger partial charge in [-0.3, -0.25) is 10.2 Å². The van der Waals surface area contributed by atoms with Gasteiger partial charge in [-0.2, -0.15) is 15.1 Å². The van der Waals surface area contributed by atoms with Crippen molar-refractivity contribution in [3.63, 3.8) is 0 Å². The number of rotatable bonds is 3. The fraction of sp³-hybridized carbons (Fsp3) is 0. The van der Waals surface area contributed by atoms with Crippen LogP contribution in [0.5, 0.6) is 5.75 Å². The minimum absolute atomic E-state index is 0.0328. The van der Waals surface area contributed by atoms with Crippen LogP contribution in [-0.4, -0.2) is 33.4 Å². The lowest BCUT2D eigenvalue weighted by Gasteiger charge is -2.20. The summed E-state index contributed by atoms with van der Waals surface area (Å²) < 4.78 is 10.2. The fourth-order valence-corrected chi connectivity index (χ4v) is 2.90. The number of aliphatic imine (C=N–C) groups is 1. The summed E-state index contributed by atoms with van der Waals surface area (Å²) in [7, 11) is 0. The summed E-state index contributed by atoms with van der Waals surface area (Å²) >= 11 is 1.19. The fourth-order valence-electron chi connectivity index (χ4n) is 2.29. The van der Waals surface area contributed by atoms with E-state index in [1.165, 1.54) is 34.6 Å². The molecule has 0 bridgehead atoms. The minimum atomic E-state index is -0.600. The van der Waals surface area contributed by atoms with Gasteiger partial charge in [0, 0.05) is 0 Å². The number of nitrogens with one attached hydrogen (secondary N) is 1. The Hall–Kier alpha value is -3.46. The maximum atomic E-state index is 12.1. The second kappa shape index (κ2) is 6.45. The quantitative estimate of drug-likeness (QED) is 0.508. The number of amidine groups is 2. The summed E-state index contributed by atoms with van der Waals surface area (Å²) in [6.07, 6.45) is 2.93. The van der Waals surface area contributed by atoms with Gasteiger partial charge >= 0.3 is 5.97 Å². The zero-order chi connectivity index (χ0) is 18.1. The molecule has 0 aliphatic carbocycles. The lowest BCUT2D eigenvalue weighted by molar-refractivity contribution is -0.114. The van der Waals surface area contributed by atoms with Crippen molar-refractivity contribution in [2.24, 2.45) is 10.1 Å². The van der Waals surface area contributed by atoms with E-state index < -0.39 is 11.9 Å². The Morgan fingerprint density at radius 3 is 2.81 bits per heavy atom. The Bertz CT molecular complexity index is 990. The number of hydrazone groups is 1. The van der Waals surface area contributed by atoms with E-state index in [1.807, 2.05) is 0 Å². The third-order valence-corrected chi connectivity index (χ3v) is 4.20. The van der Waals surface area contributed by atoms with Gasteiger partial charge in [-0.25, -0.2) is 4.79 Å². The maximum Gasteiger partial charge on any atom is 0.379 e. The number of carbonyl (C=O) groups excluding carboxylic acids is 2. The molecule has 3 heterocycles. The number of esters is 1. The molecule has 1 N–H and O–H groups in total. The molecule has 0 fully saturated rings. The van der Waals surface area contributed by atoms with Gasteiger partial charge in [0.1, 0.15) is 5.75 Å². The molecule has 0 saturated heterocycles. The highest BCUT2D eigenvalue weighted by Gasteiger charge is 2.32. The van der Waals surface area contributed by atoms with Crippen molar-refractivity contribution >= 4 is 46.3 Å². The number of benzene rings is 1.